The minimum absolute atomic E-state index is 0.162. The number of hydrogen-bond acceptors (Lipinski definition) is 2. The summed E-state index contributed by atoms with van der Waals surface area (Å²) in [5, 5.41) is 0. The third-order valence-electron chi connectivity index (χ3n) is 2.70. The lowest BCUT2D eigenvalue weighted by atomic mass is 10.0. The fourth-order valence-electron chi connectivity index (χ4n) is 1.65. The Morgan fingerprint density at radius 3 is 2.50 bits per heavy atom. The summed E-state index contributed by atoms with van der Waals surface area (Å²) >= 11 is 0. The first kappa shape index (κ1) is 14.4. The zero-order valence-electron chi connectivity index (χ0n) is 10.9. The zero-order chi connectivity index (χ0) is 13.4. The molecule has 1 aromatic carbocycles. The number of rotatable bonds is 6. The molecule has 0 aliphatic carbocycles. The number of allylic oxidation sites excluding steroid dienone is 2. The van der Waals surface area contributed by atoms with Crippen LogP contribution in [0, 0.1) is 0 Å². The minimum atomic E-state index is -0.261. The first-order valence-corrected chi connectivity index (χ1v) is 6.21. The molecule has 1 rings (SSSR count). The van der Waals surface area contributed by atoms with E-state index in [1.165, 1.54) is 0 Å². The second-order valence-corrected chi connectivity index (χ2v) is 4.05. The second kappa shape index (κ2) is 7.64. The Kier molecular flexibility index (Phi) is 6.12. The standard InChI is InChI=1S/C15H19FO2/c1-3-18-15(17)11-7-10-14(16)12(2)13-8-5-4-6-9-13/h4-6,8-9H,3,7,10-11H2,1-2H3/b14-12+. The summed E-state index contributed by atoms with van der Waals surface area (Å²) in [6.45, 7) is 3.90. The number of carbonyl (C=O) groups excluding carboxylic acids is 1. The molecule has 3 heteroatoms. The lowest BCUT2D eigenvalue weighted by molar-refractivity contribution is -0.143. The molecule has 2 nitrogen and oxygen atoms in total. The highest BCUT2D eigenvalue weighted by atomic mass is 19.1. The van der Waals surface area contributed by atoms with Crippen LogP contribution in [-0.2, 0) is 9.53 Å². The Balaban J connectivity index is 2.49. The Morgan fingerprint density at radius 1 is 1.22 bits per heavy atom. The summed E-state index contributed by atoms with van der Waals surface area (Å²) in [7, 11) is 0. The van der Waals surface area contributed by atoms with Gasteiger partial charge in [-0.15, -0.1) is 0 Å². The Bertz CT molecular complexity index is 410. The van der Waals surface area contributed by atoms with Gasteiger partial charge in [-0.3, -0.25) is 4.79 Å². The Labute approximate surface area is 107 Å². The first-order valence-electron chi connectivity index (χ1n) is 6.21. The second-order valence-electron chi connectivity index (χ2n) is 4.05. The van der Waals surface area contributed by atoms with Gasteiger partial charge in [-0.25, -0.2) is 4.39 Å². The fourth-order valence-corrected chi connectivity index (χ4v) is 1.65. The summed E-state index contributed by atoms with van der Waals surface area (Å²) < 4.78 is 18.6. The van der Waals surface area contributed by atoms with Crippen LogP contribution in [0.1, 0.15) is 38.7 Å². The van der Waals surface area contributed by atoms with Gasteiger partial charge in [0.25, 0.3) is 0 Å². The van der Waals surface area contributed by atoms with E-state index in [1.54, 1.807) is 13.8 Å². The van der Waals surface area contributed by atoms with Gasteiger partial charge in [0.1, 0.15) is 5.83 Å². The average molecular weight is 250 g/mol. The van der Waals surface area contributed by atoms with Crippen LogP contribution in [0.25, 0.3) is 5.57 Å². The zero-order valence-corrected chi connectivity index (χ0v) is 10.9. The van der Waals surface area contributed by atoms with Crippen LogP contribution in [0.4, 0.5) is 4.39 Å². The molecule has 0 spiro atoms. The van der Waals surface area contributed by atoms with Crippen LogP contribution in [0.15, 0.2) is 36.2 Å². The molecule has 0 aliphatic heterocycles. The van der Waals surface area contributed by atoms with Crippen LogP contribution >= 0.6 is 0 Å². The third kappa shape index (κ3) is 4.70. The van der Waals surface area contributed by atoms with E-state index in [0.717, 1.165) is 5.56 Å². The van der Waals surface area contributed by atoms with Crippen molar-refractivity contribution in [2.45, 2.75) is 33.1 Å². The topological polar surface area (TPSA) is 26.3 Å². The fraction of sp³-hybridized carbons (Fsp3) is 0.400. The summed E-state index contributed by atoms with van der Waals surface area (Å²) in [6, 6.07) is 9.41. The largest absolute Gasteiger partial charge is 0.466 e. The molecule has 0 radical (unpaired) electrons. The molecule has 0 unspecified atom stereocenters. The normalized spacial score (nSPS) is 11.9. The van der Waals surface area contributed by atoms with E-state index in [-0.39, 0.29) is 24.6 Å². The predicted molar refractivity (Wildman–Crippen MR) is 70.6 cm³/mol. The van der Waals surface area contributed by atoms with Crippen molar-refractivity contribution in [2.24, 2.45) is 0 Å². The van der Waals surface area contributed by atoms with Crippen LogP contribution in [0.3, 0.4) is 0 Å². The van der Waals surface area contributed by atoms with E-state index in [9.17, 15) is 9.18 Å². The van der Waals surface area contributed by atoms with Crippen LogP contribution in [0.5, 0.6) is 0 Å². The van der Waals surface area contributed by atoms with Gasteiger partial charge >= 0.3 is 5.97 Å². The van der Waals surface area contributed by atoms with E-state index >= 15 is 0 Å². The van der Waals surface area contributed by atoms with Gasteiger partial charge in [0, 0.05) is 12.8 Å². The monoisotopic (exact) mass is 250 g/mol. The summed E-state index contributed by atoms with van der Waals surface area (Å²) in [6.07, 6.45) is 1.03. The summed E-state index contributed by atoms with van der Waals surface area (Å²) in [5.74, 6) is -0.423. The van der Waals surface area contributed by atoms with Gasteiger partial charge < -0.3 is 4.74 Å². The van der Waals surface area contributed by atoms with E-state index in [4.69, 9.17) is 4.74 Å². The molecular weight excluding hydrogens is 231 g/mol. The number of ether oxygens (including phenoxy) is 1. The average Bonchev–Trinajstić information content (AvgIpc) is 2.39. The maximum atomic E-state index is 13.8. The summed E-state index contributed by atoms with van der Waals surface area (Å²) in [5.41, 5.74) is 1.52. The molecule has 0 atom stereocenters. The van der Waals surface area contributed by atoms with Gasteiger partial charge in [0.15, 0.2) is 0 Å². The third-order valence-corrected chi connectivity index (χ3v) is 2.70. The number of halogens is 1. The van der Waals surface area contributed by atoms with Crippen molar-refractivity contribution in [1.29, 1.82) is 0 Å². The number of esters is 1. The minimum Gasteiger partial charge on any atom is -0.466 e. The van der Waals surface area contributed by atoms with Gasteiger partial charge in [0.05, 0.1) is 6.61 Å². The van der Waals surface area contributed by atoms with Crippen LogP contribution < -0.4 is 0 Å². The van der Waals surface area contributed by atoms with Gasteiger partial charge in [-0.05, 0) is 31.4 Å². The van der Waals surface area contributed by atoms with E-state index < -0.39 is 0 Å². The maximum Gasteiger partial charge on any atom is 0.305 e. The van der Waals surface area contributed by atoms with E-state index in [1.807, 2.05) is 30.3 Å². The van der Waals surface area contributed by atoms with Crippen molar-refractivity contribution in [2.75, 3.05) is 6.61 Å². The predicted octanol–water partition coefficient (Wildman–Crippen LogP) is 4.12. The molecule has 1 aromatic rings. The van der Waals surface area contributed by atoms with Crippen molar-refractivity contribution in [3.05, 3.63) is 41.7 Å². The molecule has 98 valence electrons. The molecular formula is C15H19FO2. The quantitative estimate of drug-likeness (QED) is 0.710. The van der Waals surface area contributed by atoms with E-state index in [0.29, 0.717) is 18.6 Å². The van der Waals surface area contributed by atoms with Crippen molar-refractivity contribution in [1.82, 2.24) is 0 Å². The molecule has 18 heavy (non-hydrogen) atoms. The molecule has 0 aromatic heterocycles. The Morgan fingerprint density at radius 2 is 1.89 bits per heavy atom. The molecule has 0 amide bonds. The molecule has 0 aliphatic rings. The SMILES string of the molecule is CCOC(=O)CCC/C(F)=C(/C)c1ccccc1. The van der Waals surface area contributed by atoms with Crippen LogP contribution in [0.2, 0.25) is 0 Å². The van der Waals surface area contributed by atoms with E-state index in [2.05, 4.69) is 0 Å². The molecule has 0 saturated heterocycles. The smallest absolute Gasteiger partial charge is 0.305 e. The number of hydrogen-bond donors (Lipinski definition) is 0. The highest BCUT2D eigenvalue weighted by molar-refractivity contribution is 5.69. The molecule has 0 heterocycles. The lowest BCUT2D eigenvalue weighted by Crippen LogP contribution is -2.03. The van der Waals surface area contributed by atoms with Gasteiger partial charge in [0.2, 0.25) is 0 Å². The van der Waals surface area contributed by atoms with Crippen molar-refractivity contribution in [3.8, 4) is 0 Å². The number of carbonyl (C=O) groups is 1. The first-order chi connectivity index (χ1) is 8.65. The number of benzene rings is 1. The van der Waals surface area contributed by atoms with Crippen molar-refractivity contribution < 1.29 is 13.9 Å². The van der Waals surface area contributed by atoms with Gasteiger partial charge in [-0.2, -0.15) is 0 Å². The Hall–Kier alpha value is -1.64. The van der Waals surface area contributed by atoms with Crippen molar-refractivity contribution in [3.63, 3.8) is 0 Å². The highest BCUT2D eigenvalue weighted by Crippen LogP contribution is 2.22. The maximum absolute atomic E-state index is 13.8. The lowest BCUT2D eigenvalue weighted by Gasteiger charge is -2.05. The highest BCUT2D eigenvalue weighted by Gasteiger charge is 2.06. The van der Waals surface area contributed by atoms with Crippen molar-refractivity contribution >= 4 is 11.5 Å². The molecule has 0 N–H and O–H groups in total. The van der Waals surface area contributed by atoms with Gasteiger partial charge in [-0.1, -0.05) is 30.3 Å². The molecule has 0 bridgehead atoms. The summed E-state index contributed by atoms with van der Waals surface area (Å²) in [4.78, 5) is 11.1. The molecule has 0 saturated carbocycles. The van der Waals surface area contributed by atoms with Crippen LogP contribution in [-0.4, -0.2) is 12.6 Å². The molecule has 0 fully saturated rings.